The maximum Gasteiger partial charge on any atom is 0.235 e. The lowest BCUT2D eigenvalue weighted by Crippen LogP contribution is -2.01. The van der Waals surface area contributed by atoms with E-state index in [1.807, 2.05) is 40.5 Å². The third kappa shape index (κ3) is 4.59. The third-order valence-electron chi connectivity index (χ3n) is 4.93. The fraction of sp³-hybridized carbons (Fsp3) is 0.125. The lowest BCUT2D eigenvalue weighted by atomic mass is 10.1. The summed E-state index contributed by atoms with van der Waals surface area (Å²) in [5.41, 5.74) is 3.55. The minimum atomic E-state index is 0.187. The van der Waals surface area contributed by atoms with Crippen LogP contribution in [0.25, 0.3) is 16.3 Å². The molecule has 0 fully saturated rings. The molecule has 31 heavy (non-hydrogen) atoms. The van der Waals surface area contributed by atoms with Crippen LogP contribution < -0.4 is 0 Å². The van der Waals surface area contributed by atoms with E-state index in [0.29, 0.717) is 0 Å². The van der Waals surface area contributed by atoms with Crippen molar-refractivity contribution in [1.29, 1.82) is 0 Å². The van der Waals surface area contributed by atoms with Crippen LogP contribution in [0.3, 0.4) is 0 Å². The molecule has 5 rings (SSSR count). The summed E-state index contributed by atoms with van der Waals surface area (Å²) in [4.78, 5) is 2.05. The molecule has 5 aromatic rings. The van der Waals surface area contributed by atoms with E-state index in [-0.39, 0.29) is 5.25 Å². The largest absolute Gasteiger partial charge is 0.235 e. The molecule has 0 aliphatic heterocycles. The highest BCUT2D eigenvalue weighted by atomic mass is 79.9. The number of hydrogen-bond donors (Lipinski definition) is 0. The molecule has 0 N–H and O–H groups in total. The SMILES string of the molecule is Cc1ccc(S[C@@H](Cc2ccccc2)c2nn3c(-c4cccc(Br)c4)nnc3s2)cc1. The van der Waals surface area contributed by atoms with Gasteiger partial charge < -0.3 is 0 Å². The Hall–Kier alpha value is -2.48. The minimum Gasteiger partial charge on any atom is -0.183 e. The van der Waals surface area contributed by atoms with Crippen LogP contribution in [0.1, 0.15) is 21.4 Å². The van der Waals surface area contributed by atoms with Crippen molar-refractivity contribution in [3.8, 4) is 11.4 Å². The zero-order valence-corrected chi connectivity index (χ0v) is 20.0. The molecule has 0 unspecified atom stereocenters. The van der Waals surface area contributed by atoms with Crippen LogP contribution in [0.5, 0.6) is 0 Å². The molecule has 0 radical (unpaired) electrons. The molecule has 2 aromatic heterocycles. The van der Waals surface area contributed by atoms with Gasteiger partial charge in [-0.15, -0.1) is 22.0 Å². The number of benzene rings is 3. The number of aromatic nitrogens is 4. The molecule has 3 aromatic carbocycles. The summed E-state index contributed by atoms with van der Waals surface area (Å²) in [7, 11) is 0. The Kier molecular flexibility index (Phi) is 5.89. The average Bonchev–Trinajstić information content (AvgIpc) is 3.36. The normalized spacial score (nSPS) is 12.3. The Bertz CT molecular complexity index is 1310. The molecule has 154 valence electrons. The van der Waals surface area contributed by atoms with Crippen LogP contribution in [-0.2, 0) is 6.42 Å². The molecule has 7 heteroatoms. The Morgan fingerprint density at radius 3 is 2.55 bits per heavy atom. The van der Waals surface area contributed by atoms with Gasteiger partial charge in [0.05, 0.1) is 5.25 Å². The Balaban J connectivity index is 1.52. The summed E-state index contributed by atoms with van der Waals surface area (Å²) in [6.45, 7) is 2.11. The van der Waals surface area contributed by atoms with Crippen molar-refractivity contribution < 1.29 is 0 Å². The number of rotatable bonds is 6. The van der Waals surface area contributed by atoms with Gasteiger partial charge in [-0.05, 0) is 43.2 Å². The van der Waals surface area contributed by atoms with Crippen molar-refractivity contribution in [3.63, 3.8) is 0 Å². The van der Waals surface area contributed by atoms with E-state index >= 15 is 0 Å². The molecule has 0 aliphatic rings. The highest BCUT2D eigenvalue weighted by molar-refractivity contribution is 9.10. The van der Waals surface area contributed by atoms with E-state index in [2.05, 4.69) is 87.6 Å². The summed E-state index contributed by atoms with van der Waals surface area (Å²) in [6.07, 6.45) is 0.899. The molecule has 0 bridgehead atoms. The van der Waals surface area contributed by atoms with Crippen LogP contribution in [0.4, 0.5) is 0 Å². The number of aryl methyl sites for hydroxylation is 1. The van der Waals surface area contributed by atoms with E-state index < -0.39 is 0 Å². The number of halogens is 1. The molecule has 1 atom stereocenters. The van der Waals surface area contributed by atoms with E-state index in [0.717, 1.165) is 32.2 Å². The topological polar surface area (TPSA) is 43.1 Å². The second-order valence-corrected chi connectivity index (χ2v) is 10.5. The smallest absolute Gasteiger partial charge is 0.183 e. The van der Waals surface area contributed by atoms with Crippen LogP contribution in [0.2, 0.25) is 0 Å². The second-order valence-electron chi connectivity index (χ2n) is 7.28. The maximum atomic E-state index is 4.96. The highest BCUT2D eigenvalue weighted by Crippen LogP contribution is 2.40. The van der Waals surface area contributed by atoms with Gasteiger partial charge in [0.1, 0.15) is 5.01 Å². The molecular formula is C24H19BrN4S2. The zero-order chi connectivity index (χ0) is 21.2. The summed E-state index contributed by atoms with van der Waals surface area (Å²) in [6, 6.07) is 27.3. The summed E-state index contributed by atoms with van der Waals surface area (Å²) >= 11 is 7.00. The first kappa shape index (κ1) is 20.4. The van der Waals surface area contributed by atoms with Crippen molar-refractivity contribution in [3.05, 3.63) is 99.5 Å². The van der Waals surface area contributed by atoms with E-state index in [4.69, 9.17) is 5.10 Å². The second kappa shape index (κ2) is 8.94. The third-order valence-corrected chi connectivity index (χ3v) is 7.80. The average molecular weight is 507 g/mol. The standard InChI is InChI=1S/C24H19BrN4S2/c1-16-10-12-20(13-11-16)30-21(14-17-6-3-2-4-7-17)23-28-29-22(26-27-24(29)31-23)18-8-5-9-19(25)15-18/h2-13,15,21H,14H2,1H3/t21-/m0/s1. The number of hydrogen-bond acceptors (Lipinski definition) is 5. The fourth-order valence-corrected chi connectivity index (χ4v) is 5.91. The molecule has 0 saturated carbocycles. The minimum absolute atomic E-state index is 0.187. The van der Waals surface area contributed by atoms with Gasteiger partial charge in [-0.1, -0.05) is 87.4 Å². The quantitative estimate of drug-likeness (QED) is 0.232. The van der Waals surface area contributed by atoms with Gasteiger partial charge in [0.25, 0.3) is 0 Å². The van der Waals surface area contributed by atoms with Crippen LogP contribution in [0, 0.1) is 6.92 Å². The van der Waals surface area contributed by atoms with Gasteiger partial charge in [0.2, 0.25) is 4.96 Å². The van der Waals surface area contributed by atoms with Crippen molar-refractivity contribution >= 4 is 44.0 Å². The first-order valence-corrected chi connectivity index (χ1v) is 12.4. The first-order valence-electron chi connectivity index (χ1n) is 9.91. The van der Waals surface area contributed by atoms with Gasteiger partial charge in [-0.25, -0.2) is 0 Å². The maximum absolute atomic E-state index is 4.96. The Morgan fingerprint density at radius 1 is 0.968 bits per heavy atom. The van der Waals surface area contributed by atoms with Gasteiger partial charge in [-0.2, -0.15) is 9.61 Å². The van der Waals surface area contributed by atoms with Crippen molar-refractivity contribution in [2.75, 3.05) is 0 Å². The van der Waals surface area contributed by atoms with E-state index in [9.17, 15) is 0 Å². The molecule has 4 nitrogen and oxygen atoms in total. The van der Waals surface area contributed by atoms with Gasteiger partial charge >= 0.3 is 0 Å². The molecular weight excluding hydrogens is 488 g/mol. The van der Waals surface area contributed by atoms with Crippen molar-refractivity contribution in [1.82, 2.24) is 19.8 Å². The zero-order valence-electron chi connectivity index (χ0n) is 16.8. The van der Waals surface area contributed by atoms with Gasteiger partial charge in [-0.3, -0.25) is 0 Å². The monoisotopic (exact) mass is 506 g/mol. The van der Waals surface area contributed by atoms with Gasteiger partial charge in [0, 0.05) is 14.9 Å². The summed E-state index contributed by atoms with van der Waals surface area (Å²) < 4.78 is 2.88. The predicted octanol–water partition coefficient (Wildman–Crippen LogP) is 7.00. The number of thioether (sulfide) groups is 1. The van der Waals surface area contributed by atoms with Crippen molar-refractivity contribution in [2.24, 2.45) is 0 Å². The Morgan fingerprint density at radius 2 is 1.77 bits per heavy atom. The Labute approximate surface area is 197 Å². The first-order chi connectivity index (χ1) is 15.2. The number of fused-ring (bicyclic) bond motifs is 1. The molecule has 0 amide bonds. The summed E-state index contributed by atoms with van der Waals surface area (Å²) in [5.74, 6) is 0.762. The van der Waals surface area contributed by atoms with E-state index in [1.54, 1.807) is 11.3 Å². The highest BCUT2D eigenvalue weighted by Gasteiger charge is 2.22. The van der Waals surface area contributed by atoms with E-state index in [1.165, 1.54) is 16.0 Å². The lowest BCUT2D eigenvalue weighted by Gasteiger charge is -2.14. The van der Waals surface area contributed by atoms with Crippen LogP contribution >= 0.6 is 39.0 Å². The molecule has 0 saturated heterocycles. The predicted molar refractivity (Wildman–Crippen MR) is 132 cm³/mol. The lowest BCUT2D eigenvalue weighted by molar-refractivity contribution is 0.849. The molecule has 0 aliphatic carbocycles. The van der Waals surface area contributed by atoms with Crippen molar-refractivity contribution in [2.45, 2.75) is 23.5 Å². The molecule has 2 heterocycles. The van der Waals surface area contributed by atoms with Gasteiger partial charge in [0.15, 0.2) is 5.82 Å². The fourth-order valence-electron chi connectivity index (χ4n) is 3.36. The molecule has 0 spiro atoms. The van der Waals surface area contributed by atoms with Crippen LogP contribution in [-0.4, -0.2) is 19.8 Å². The summed E-state index contributed by atoms with van der Waals surface area (Å²) in [5, 5.41) is 15.0. The van der Waals surface area contributed by atoms with Crippen LogP contribution in [0.15, 0.2) is 88.2 Å². The number of nitrogens with zero attached hydrogens (tertiary/aromatic N) is 4.